The van der Waals surface area contributed by atoms with Gasteiger partial charge < -0.3 is 4.74 Å². The molecule has 2 bridgehead atoms. The zero-order chi connectivity index (χ0) is 8.23. The van der Waals surface area contributed by atoms with Crippen molar-refractivity contribution in [1.82, 2.24) is 0 Å². The van der Waals surface area contributed by atoms with E-state index in [0.717, 1.165) is 12.5 Å². The van der Waals surface area contributed by atoms with E-state index < -0.39 is 0 Å². The van der Waals surface area contributed by atoms with Gasteiger partial charge in [0, 0.05) is 6.61 Å². The van der Waals surface area contributed by atoms with Crippen LogP contribution in [-0.2, 0) is 4.74 Å². The van der Waals surface area contributed by atoms with Gasteiger partial charge >= 0.3 is 0 Å². The van der Waals surface area contributed by atoms with Crippen LogP contribution in [0.1, 0.15) is 51.4 Å². The van der Waals surface area contributed by atoms with Crippen LogP contribution in [0.25, 0.3) is 0 Å². The minimum atomic E-state index is 0. The summed E-state index contributed by atoms with van der Waals surface area (Å²) in [5.74, 6) is 1.00. The van der Waals surface area contributed by atoms with E-state index in [9.17, 15) is 0 Å². The second kappa shape index (κ2) is 5.87. The van der Waals surface area contributed by atoms with Crippen LogP contribution < -0.4 is 0 Å². The molecule has 13 heavy (non-hydrogen) atoms. The first-order valence-electron chi connectivity index (χ1n) is 5.57. The van der Waals surface area contributed by atoms with E-state index in [1.807, 2.05) is 0 Å². The third-order valence-corrected chi connectivity index (χ3v) is 3.34. The SMILES string of the molecule is C1CCOC2CCCC(CC1)C2.Cl. The van der Waals surface area contributed by atoms with E-state index in [2.05, 4.69) is 0 Å². The van der Waals surface area contributed by atoms with E-state index in [0.29, 0.717) is 6.10 Å². The molecule has 1 saturated heterocycles. The number of ether oxygens (including phenoxy) is 1. The van der Waals surface area contributed by atoms with E-state index in [1.54, 1.807) is 0 Å². The van der Waals surface area contributed by atoms with Gasteiger partial charge in [0.05, 0.1) is 6.10 Å². The summed E-state index contributed by atoms with van der Waals surface area (Å²) in [7, 11) is 0. The van der Waals surface area contributed by atoms with Crippen molar-refractivity contribution in [1.29, 1.82) is 0 Å². The molecule has 2 atom stereocenters. The van der Waals surface area contributed by atoms with Gasteiger partial charge in [0.15, 0.2) is 0 Å². The van der Waals surface area contributed by atoms with Crippen LogP contribution in [0, 0.1) is 5.92 Å². The Hall–Kier alpha value is 0.250. The maximum Gasteiger partial charge on any atom is 0.0577 e. The Balaban J connectivity index is 0.000000845. The van der Waals surface area contributed by atoms with Gasteiger partial charge in [-0.2, -0.15) is 0 Å². The molecule has 2 fully saturated rings. The van der Waals surface area contributed by atoms with E-state index in [1.165, 1.54) is 51.4 Å². The lowest BCUT2D eigenvalue weighted by Crippen LogP contribution is -2.22. The van der Waals surface area contributed by atoms with Crippen molar-refractivity contribution in [3.63, 3.8) is 0 Å². The highest BCUT2D eigenvalue weighted by atomic mass is 35.5. The number of hydrogen-bond acceptors (Lipinski definition) is 1. The Morgan fingerprint density at radius 1 is 0.846 bits per heavy atom. The molecule has 0 amide bonds. The normalized spacial score (nSPS) is 35.1. The lowest BCUT2D eigenvalue weighted by atomic mass is 9.84. The van der Waals surface area contributed by atoms with Gasteiger partial charge in [-0.05, 0) is 25.2 Å². The Morgan fingerprint density at radius 3 is 2.62 bits per heavy atom. The molecule has 1 aliphatic carbocycles. The van der Waals surface area contributed by atoms with Gasteiger partial charge in [-0.3, -0.25) is 0 Å². The number of hydrogen-bond donors (Lipinski definition) is 0. The summed E-state index contributed by atoms with van der Waals surface area (Å²) < 4.78 is 5.83. The number of halogens is 1. The molecule has 0 radical (unpaired) electrons. The van der Waals surface area contributed by atoms with Crippen molar-refractivity contribution in [2.75, 3.05) is 6.61 Å². The third kappa shape index (κ3) is 3.47. The molecule has 2 unspecified atom stereocenters. The Morgan fingerprint density at radius 2 is 1.69 bits per heavy atom. The lowest BCUT2D eigenvalue weighted by molar-refractivity contribution is 0.0158. The topological polar surface area (TPSA) is 9.23 Å². The number of fused-ring (bicyclic) bond motifs is 2. The molecular formula is C11H21ClO. The molecule has 1 saturated carbocycles. The van der Waals surface area contributed by atoms with Gasteiger partial charge in [0.1, 0.15) is 0 Å². The summed E-state index contributed by atoms with van der Waals surface area (Å²) >= 11 is 0. The molecule has 0 N–H and O–H groups in total. The first-order valence-corrected chi connectivity index (χ1v) is 5.57. The van der Waals surface area contributed by atoms with Crippen LogP contribution in [0.15, 0.2) is 0 Å². The first kappa shape index (κ1) is 11.3. The van der Waals surface area contributed by atoms with Crippen molar-refractivity contribution in [3.8, 4) is 0 Å². The Labute approximate surface area is 87.6 Å². The Bertz CT molecular complexity index is 124. The largest absolute Gasteiger partial charge is 0.378 e. The molecule has 0 aromatic carbocycles. The molecule has 0 spiro atoms. The van der Waals surface area contributed by atoms with Crippen LogP contribution in [0.3, 0.4) is 0 Å². The fraction of sp³-hybridized carbons (Fsp3) is 1.00. The molecule has 1 aliphatic heterocycles. The van der Waals surface area contributed by atoms with Crippen molar-refractivity contribution in [2.45, 2.75) is 57.5 Å². The predicted octanol–water partition coefficient (Wildman–Crippen LogP) is 3.56. The number of rotatable bonds is 0. The van der Waals surface area contributed by atoms with E-state index in [-0.39, 0.29) is 12.4 Å². The van der Waals surface area contributed by atoms with Gasteiger partial charge in [0.25, 0.3) is 0 Å². The monoisotopic (exact) mass is 204 g/mol. The average molecular weight is 205 g/mol. The molecule has 2 heteroatoms. The molecule has 0 aromatic rings. The van der Waals surface area contributed by atoms with E-state index >= 15 is 0 Å². The smallest absolute Gasteiger partial charge is 0.0577 e. The molecule has 2 rings (SSSR count). The first-order chi connectivity index (χ1) is 5.95. The fourth-order valence-corrected chi connectivity index (χ4v) is 2.62. The quantitative estimate of drug-likeness (QED) is 0.587. The van der Waals surface area contributed by atoms with Crippen molar-refractivity contribution in [2.24, 2.45) is 5.92 Å². The van der Waals surface area contributed by atoms with Crippen molar-refractivity contribution < 1.29 is 4.74 Å². The lowest BCUT2D eigenvalue weighted by Gasteiger charge is -2.27. The maximum atomic E-state index is 5.83. The fourth-order valence-electron chi connectivity index (χ4n) is 2.62. The van der Waals surface area contributed by atoms with Crippen LogP contribution >= 0.6 is 12.4 Å². The van der Waals surface area contributed by atoms with Crippen LogP contribution in [-0.4, -0.2) is 12.7 Å². The van der Waals surface area contributed by atoms with Gasteiger partial charge in [-0.1, -0.05) is 32.1 Å². The summed E-state index contributed by atoms with van der Waals surface area (Å²) in [6, 6.07) is 0. The van der Waals surface area contributed by atoms with Crippen LogP contribution in [0.2, 0.25) is 0 Å². The highest BCUT2D eigenvalue weighted by Crippen LogP contribution is 2.31. The summed E-state index contributed by atoms with van der Waals surface area (Å²) in [6.07, 6.45) is 11.8. The standard InChI is InChI=1S/C11H20O.ClH/c1-2-5-10-6-4-7-11(9-10)12-8-3-1;/h10-11H,1-9H2;1H. The summed E-state index contributed by atoms with van der Waals surface area (Å²) in [4.78, 5) is 0. The highest BCUT2D eigenvalue weighted by Gasteiger charge is 2.22. The van der Waals surface area contributed by atoms with Crippen LogP contribution in [0.4, 0.5) is 0 Å². The molecule has 2 aliphatic rings. The summed E-state index contributed by atoms with van der Waals surface area (Å²) in [5.41, 5.74) is 0. The van der Waals surface area contributed by atoms with Gasteiger partial charge in [-0.15, -0.1) is 12.4 Å². The second-order valence-corrected chi connectivity index (χ2v) is 4.37. The molecular weight excluding hydrogens is 184 g/mol. The van der Waals surface area contributed by atoms with Crippen LogP contribution in [0.5, 0.6) is 0 Å². The predicted molar refractivity (Wildman–Crippen MR) is 57.4 cm³/mol. The zero-order valence-corrected chi connectivity index (χ0v) is 9.15. The summed E-state index contributed by atoms with van der Waals surface area (Å²) in [6.45, 7) is 1.03. The highest BCUT2D eigenvalue weighted by molar-refractivity contribution is 5.85. The van der Waals surface area contributed by atoms with E-state index in [4.69, 9.17) is 4.74 Å². The average Bonchev–Trinajstić information content (AvgIpc) is 2.17. The second-order valence-electron chi connectivity index (χ2n) is 4.37. The van der Waals surface area contributed by atoms with Crippen molar-refractivity contribution >= 4 is 12.4 Å². The molecule has 1 nitrogen and oxygen atoms in total. The van der Waals surface area contributed by atoms with Gasteiger partial charge in [-0.25, -0.2) is 0 Å². The van der Waals surface area contributed by atoms with Gasteiger partial charge in [0.2, 0.25) is 0 Å². The third-order valence-electron chi connectivity index (χ3n) is 3.34. The summed E-state index contributed by atoms with van der Waals surface area (Å²) in [5, 5.41) is 0. The minimum absolute atomic E-state index is 0. The molecule has 78 valence electrons. The Kier molecular flexibility index (Phi) is 5.12. The minimum Gasteiger partial charge on any atom is -0.378 e. The molecule has 1 heterocycles. The molecule has 0 aromatic heterocycles. The van der Waals surface area contributed by atoms with Crippen molar-refractivity contribution in [3.05, 3.63) is 0 Å². The maximum absolute atomic E-state index is 5.83. The zero-order valence-electron chi connectivity index (χ0n) is 8.34.